The van der Waals surface area contributed by atoms with Crippen molar-refractivity contribution in [3.05, 3.63) is 53.1 Å². The summed E-state index contributed by atoms with van der Waals surface area (Å²) in [6.45, 7) is 5.41. The van der Waals surface area contributed by atoms with Crippen LogP contribution in [0.3, 0.4) is 0 Å². The fourth-order valence-electron chi connectivity index (χ4n) is 2.52. The van der Waals surface area contributed by atoms with Crippen LogP contribution in [0, 0.1) is 13.8 Å². The molecule has 0 aliphatic carbocycles. The minimum atomic E-state index is 1.07. The highest BCUT2D eigenvalue weighted by molar-refractivity contribution is 5.72. The van der Waals surface area contributed by atoms with E-state index in [1.54, 1.807) is 0 Å². The van der Waals surface area contributed by atoms with Crippen molar-refractivity contribution in [3.8, 4) is 11.1 Å². The lowest BCUT2D eigenvalue weighted by molar-refractivity contribution is 1.11. The highest BCUT2D eigenvalue weighted by Gasteiger charge is 2.11. The maximum atomic E-state index is 3.40. The van der Waals surface area contributed by atoms with Crippen molar-refractivity contribution in [1.82, 2.24) is 0 Å². The van der Waals surface area contributed by atoms with Crippen LogP contribution in [-0.4, -0.2) is 6.54 Å². The van der Waals surface area contributed by atoms with E-state index in [0.717, 1.165) is 13.0 Å². The lowest BCUT2D eigenvalue weighted by atomic mass is 9.96. The quantitative estimate of drug-likeness (QED) is 0.772. The third kappa shape index (κ3) is 1.82. The molecule has 1 aliphatic heterocycles. The highest BCUT2D eigenvalue weighted by Crippen LogP contribution is 2.30. The van der Waals surface area contributed by atoms with Gasteiger partial charge in [-0.05, 0) is 54.7 Å². The molecule has 86 valence electrons. The van der Waals surface area contributed by atoms with E-state index in [9.17, 15) is 0 Å². The summed E-state index contributed by atoms with van der Waals surface area (Å²) in [6, 6.07) is 13.4. The van der Waals surface area contributed by atoms with Crippen molar-refractivity contribution in [3.63, 3.8) is 0 Å². The number of nitrogens with one attached hydrogen (secondary N) is 1. The van der Waals surface area contributed by atoms with Gasteiger partial charge in [-0.25, -0.2) is 0 Å². The molecule has 0 saturated carbocycles. The number of aryl methyl sites for hydroxylation is 2. The smallest absolute Gasteiger partial charge is 0.0373 e. The first kappa shape index (κ1) is 10.4. The van der Waals surface area contributed by atoms with Crippen LogP contribution in [0.1, 0.15) is 16.7 Å². The topological polar surface area (TPSA) is 12.0 Å². The molecule has 1 N–H and O–H groups in total. The Kier molecular flexibility index (Phi) is 2.40. The Morgan fingerprint density at radius 1 is 1.00 bits per heavy atom. The number of hydrogen-bond donors (Lipinski definition) is 1. The van der Waals surface area contributed by atoms with E-state index in [2.05, 4.69) is 55.6 Å². The zero-order valence-corrected chi connectivity index (χ0v) is 10.4. The first-order chi connectivity index (χ1) is 8.24. The molecule has 0 saturated heterocycles. The van der Waals surface area contributed by atoms with E-state index in [1.807, 2.05) is 0 Å². The van der Waals surface area contributed by atoms with Gasteiger partial charge in [0.1, 0.15) is 0 Å². The predicted octanol–water partition coefficient (Wildman–Crippen LogP) is 3.94. The second-order valence-corrected chi connectivity index (χ2v) is 4.87. The molecule has 2 aromatic rings. The minimum Gasteiger partial charge on any atom is -0.384 e. The van der Waals surface area contributed by atoms with Gasteiger partial charge in [0.15, 0.2) is 0 Å². The fourth-order valence-corrected chi connectivity index (χ4v) is 2.52. The highest BCUT2D eigenvalue weighted by atomic mass is 14.9. The van der Waals surface area contributed by atoms with Gasteiger partial charge in [0, 0.05) is 12.2 Å². The number of anilines is 1. The third-order valence-electron chi connectivity index (χ3n) is 3.52. The number of rotatable bonds is 1. The van der Waals surface area contributed by atoms with Crippen molar-refractivity contribution in [2.45, 2.75) is 20.3 Å². The van der Waals surface area contributed by atoms with Gasteiger partial charge < -0.3 is 5.32 Å². The Labute approximate surface area is 102 Å². The van der Waals surface area contributed by atoms with Gasteiger partial charge in [0.25, 0.3) is 0 Å². The van der Waals surface area contributed by atoms with Crippen molar-refractivity contribution < 1.29 is 0 Å². The molecule has 0 aromatic heterocycles. The molecule has 1 heterocycles. The van der Waals surface area contributed by atoms with Crippen LogP contribution in [0.2, 0.25) is 0 Å². The molecular weight excluding hydrogens is 206 g/mol. The average molecular weight is 223 g/mol. The molecule has 0 fully saturated rings. The molecule has 1 heteroatoms. The SMILES string of the molecule is Cc1ccc(C)c(-c2ccc3c(c2)CCN3)c1. The Balaban J connectivity index is 2.12. The zero-order valence-electron chi connectivity index (χ0n) is 10.4. The number of fused-ring (bicyclic) bond motifs is 1. The molecule has 3 rings (SSSR count). The van der Waals surface area contributed by atoms with Crippen LogP contribution >= 0.6 is 0 Å². The molecule has 0 radical (unpaired) electrons. The predicted molar refractivity (Wildman–Crippen MR) is 73.5 cm³/mol. The van der Waals surface area contributed by atoms with Crippen molar-refractivity contribution in [2.24, 2.45) is 0 Å². The molecular formula is C16H17N. The van der Waals surface area contributed by atoms with Crippen LogP contribution in [0.4, 0.5) is 5.69 Å². The van der Waals surface area contributed by atoms with Gasteiger partial charge in [-0.15, -0.1) is 0 Å². The van der Waals surface area contributed by atoms with Crippen LogP contribution in [0.25, 0.3) is 11.1 Å². The Hall–Kier alpha value is -1.76. The maximum Gasteiger partial charge on any atom is 0.0373 e. The molecule has 2 aromatic carbocycles. The lowest BCUT2D eigenvalue weighted by Crippen LogP contribution is -1.90. The van der Waals surface area contributed by atoms with Gasteiger partial charge >= 0.3 is 0 Å². The van der Waals surface area contributed by atoms with Gasteiger partial charge in [0.05, 0.1) is 0 Å². The summed E-state index contributed by atoms with van der Waals surface area (Å²) in [5.74, 6) is 0. The second kappa shape index (κ2) is 3.92. The van der Waals surface area contributed by atoms with E-state index in [4.69, 9.17) is 0 Å². The van der Waals surface area contributed by atoms with Gasteiger partial charge in [-0.2, -0.15) is 0 Å². The minimum absolute atomic E-state index is 1.07. The molecule has 0 bridgehead atoms. The van der Waals surface area contributed by atoms with Crippen LogP contribution in [-0.2, 0) is 6.42 Å². The van der Waals surface area contributed by atoms with Gasteiger partial charge in [-0.3, -0.25) is 0 Å². The van der Waals surface area contributed by atoms with Gasteiger partial charge in [0.2, 0.25) is 0 Å². The first-order valence-corrected chi connectivity index (χ1v) is 6.18. The summed E-state index contributed by atoms with van der Waals surface area (Å²) in [4.78, 5) is 0. The van der Waals surface area contributed by atoms with E-state index >= 15 is 0 Å². The largest absolute Gasteiger partial charge is 0.384 e. The standard InChI is InChI=1S/C16H17N/c1-11-3-4-12(2)15(9-11)13-5-6-16-14(10-13)7-8-17-16/h3-6,9-10,17H,7-8H2,1-2H3. The molecule has 0 unspecified atom stereocenters. The number of hydrogen-bond acceptors (Lipinski definition) is 1. The summed E-state index contributed by atoms with van der Waals surface area (Å²) in [5.41, 5.74) is 8.13. The molecule has 0 amide bonds. The van der Waals surface area contributed by atoms with E-state index in [1.165, 1.54) is 33.5 Å². The molecule has 17 heavy (non-hydrogen) atoms. The van der Waals surface area contributed by atoms with E-state index in [-0.39, 0.29) is 0 Å². The summed E-state index contributed by atoms with van der Waals surface area (Å²) in [7, 11) is 0. The Morgan fingerprint density at radius 3 is 2.76 bits per heavy atom. The average Bonchev–Trinajstić information content (AvgIpc) is 2.79. The fraction of sp³-hybridized carbons (Fsp3) is 0.250. The molecule has 1 nitrogen and oxygen atoms in total. The summed E-state index contributed by atoms with van der Waals surface area (Å²) in [5, 5.41) is 3.40. The second-order valence-electron chi connectivity index (χ2n) is 4.87. The zero-order chi connectivity index (χ0) is 11.8. The van der Waals surface area contributed by atoms with Crippen molar-refractivity contribution in [2.75, 3.05) is 11.9 Å². The summed E-state index contributed by atoms with van der Waals surface area (Å²) >= 11 is 0. The van der Waals surface area contributed by atoms with Crippen LogP contribution in [0.5, 0.6) is 0 Å². The van der Waals surface area contributed by atoms with Gasteiger partial charge in [-0.1, -0.05) is 29.8 Å². The Morgan fingerprint density at radius 2 is 1.88 bits per heavy atom. The molecule has 0 atom stereocenters. The summed E-state index contributed by atoms with van der Waals surface area (Å²) < 4.78 is 0. The van der Waals surface area contributed by atoms with Crippen molar-refractivity contribution in [1.29, 1.82) is 0 Å². The van der Waals surface area contributed by atoms with E-state index in [0.29, 0.717) is 0 Å². The van der Waals surface area contributed by atoms with Crippen molar-refractivity contribution >= 4 is 5.69 Å². The van der Waals surface area contributed by atoms with E-state index < -0.39 is 0 Å². The van der Waals surface area contributed by atoms with Crippen LogP contribution < -0.4 is 5.32 Å². The third-order valence-corrected chi connectivity index (χ3v) is 3.52. The number of benzene rings is 2. The first-order valence-electron chi connectivity index (χ1n) is 6.18. The summed E-state index contributed by atoms with van der Waals surface area (Å²) in [6.07, 6.45) is 1.15. The maximum absolute atomic E-state index is 3.40. The normalized spacial score (nSPS) is 13.3. The monoisotopic (exact) mass is 223 g/mol. The lowest BCUT2D eigenvalue weighted by Gasteiger charge is -2.09. The van der Waals surface area contributed by atoms with Crippen LogP contribution in [0.15, 0.2) is 36.4 Å². The Bertz CT molecular complexity index is 570. The molecule has 0 spiro atoms. The molecule has 1 aliphatic rings.